The second-order valence-electron chi connectivity index (χ2n) is 8.08. The summed E-state index contributed by atoms with van der Waals surface area (Å²) in [6, 6.07) is 17.4. The molecule has 174 valence electrons. The van der Waals surface area contributed by atoms with Crippen LogP contribution in [-0.2, 0) is 21.2 Å². The first kappa shape index (κ1) is 24.3. The molecule has 0 spiro atoms. The van der Waals surface area contributed by atoms with E-state index in [1.54, 1.807) is 18.3 Å². The first-order valence-corrected chi connectivity index (χ1v) is 12.6. The Morgan fingerprint density at radius 1 is 1.06 bits per heavy atom. The second-order valence-corrected chi connectivity index (χ2v) is 9.99. The van der Waals surface area contributed by atoms with Gasteiger partial charge in [-0.25, -0.2) is 13.8 Å². The summed E-state index contributed by atoms with van der Waals surface area (Å²) in [5.41, 5.74) is 9.11. The number of rotatable bonds is 8. The van der Waals surface area contributed by atoms with Crippen molar-refractivity contribution < 1.29 is 13.2 Å². The minimum absolute atomic E-state index is 0.357. The fourth-order valence-corrected chi connectivity index (χ4v) is 4.50. The number of nitrogens with one attached hydrogen (secondary N) is 1. The molecule has 0 bridgehead atoms. The molecule has 0 fully saturated rings. The van der Waals surface area contributed by atoms with E-state index in [1.807, 2.05) is 45.9 Å². The third kappa shape index (κ3) is 5.90. The van der Waals surface area contributed by atoms with Crippen molar-refractivity contribution in [2.75, 3.05) is 17.1 Å². The van der Waals surface area contributed by atoms with Gasteiger partial charge in [0.1, 0.15) is 6.54 Å². The Kier molecular flexibility index (Phi) is 7.38. The van der Waals surface area contributed by atoms with E-state index in [4.69, 9.17) is 0 Å². The first-order chi connectivity index (χ1) is 15.6. The van der Waals surface area contributed by atoms with Gasteiger partial charge in [0.05, 0.1) is 18.2 Å². The summed E-state index contributed by atoms with van der Waals surface area (Å²) in [6.07, 6.45) is 3.50. The van der Waals surface area contributed by atoms with Crippen molar-refractivity contribution in [3.8, 4) is 5.69 Å². The molecule has 1 amide bonds. The quantitative estimate of drug-likeness (QED) is 0.404. The van der Waals surface area contributed by atoms with Crippen molar-refractivity contribution in [1.29, 1.82) is 0 Å². The minimum atomic E-state index is -3.64. The zero-order valence-electron chi connectivity index (χ0n) is 19.7. The van der Waals surface area contributed by atoms with E-state index in [0.29, 0.717) is 5.69 Å². The maximum atomic E-state index is 12.5. The highest BCUT2D eigenvalue weighted by molar-refractivity contribution is 7.92. The molecule has 0 saturated heterocycles. The van der Waals surface area contributed by atoms with Gasteiger partial charge in [-0.05, 0) is 63.1 Å². The summed E-state index contributed by atoms with van der Waals surface area (Å²) in [7, 11) is -3.64. The van der Waals surface area contributed by atoms with Gasteiger partial charge in [-0.2, -0.15) is 5.10 Å². The topological polar surface area (TPSA) is 83.8 Å². The number of sulfonamides is 1. The molecule has 0 radical (unpaired) electrons. The Hall–Kier alpha value is -3.39. The molecule has 3 aromatic rings. The standard InChI is InChI=1S/C25H30N4O3S/c1-6-21-9-13-23(14-10-21)28(33(5,31)32)17-25(30)27-26-16-22-15-19(3)29(20(22)4)24-11-7-18(2)8-12-24/h7-16H,6,17H2,1-5H3,(H,27,30)/b26-16-. The number of hydrazone groups is 1. The van der Waals surface area contributed by atoms with Crippen LogP contribution in [0.2, 0.25) is 0 Å². The van der Waals surface area contributed by atoms with Crippen LogP contribution >= 0.6 is 0 Å². The summed E-state index contributed by atoms with van der Waals surface area (Å²) in [5, 5.41) is 4.06. The molecule has 0 unspecified atom stereocenters. The van der Waals surface area contributed by atoms with Gasteiger partial charge in [-0.1, -0.05) is 36.8 Å². The van der Waals surface area contributed by atoms with Gasteiger partial charge in [0.25, 0.3) is 5.91 Å². The normalized spacial score (nSPS) is 11.7. The average Bonchev–Trinajstić information content (AvgIpc) is 3.05. The lowest BCUT2D eigenvalue weighted by Gasteiger charge is -2.21. The van der Waals surface area contributed by atoms with E-state index in [9.17, 15) is 13.2 Å². The lowest BCUT2D eigenvalue weighted by Crippen LogP contribution is -2.39. The number of nitrogens with zero attached hydrogens (tertiary/aromatic N) is 3. The molecule has 0 saturated carbocycles. The SMILES string of the molecule is CCc1ccc(N(CC(=O)N/N=C\c2cc(C)n(-c3ccc(C)cc3)c2C)S(C)(=O)=O)cc1. The number of aryl methyl sites for hydroxylation is 3. The molecular weight excluding hydrogens is 436 g/mol. The zero-order valence-corrected chi connectivity index (χ0v) is 20.5. The summed E-state index contributed by atoms with van der Waals surface area (Å²) in [5.74, 6) is -0.524. The van der Waals surface area contributed by atoms with Crippen LogP contribution < -0.4 is 9.73 Å². The number of hydrogen-bond donors (Lipinski definition) is 1. The highest BCUT2D eigenvalue weighted by Crippen LogP contribution is 2.20. The van der Waals surface area contributed by atoms with Crippen LogP contribution in [0.15, 0.2) is 59.7 Å². The van der Waals surface area contributed by atoms with Crippen LogP contribution in [-0.4, -0.2) is 37.9 Å². The highest BCUT2D eigenvalue weighted by atomic mass is 32.2. The number of hydrogen-bond acceptors (Lipinski definition) is 4. The maximum Gasteiger partial charge on any atom is 0.260 e. The van der Waals surface area contributed by atoms with E-state index in [-0.39, 0.29) is 6.54 Å². The van der Waals surface area contributed by atoms with Gasteiger partial charge in [-0.3, -0.25) is 9.10 Å². The average molecular weight is 467 g/mol. The Bertz CT molecular complexity index is 1260. The number of aromatic nitrogens is 1. The van der Waals surface area contributed by atoms with E-state index >= 15 is 0 Å². The molecule has 0 atom stereocenters. The summed E-state index contributed by atoms with van der Waals surface area (Å²) in [6.45, 7) is 7.71. The minimum Gasteiger partial charge on any atom is -0.318 e. The lowest BCUT2D eigenvalue weighted by atomic mass is 10.1. The number of carbonyl (C=O) groups excluding carboxylic acids is 1. The Morgan fingerprint density at radius 2 is 1.70 bits per heavy atom. The van der Waals surface area contributed by atoms with Gasteiger partial charge < -0.3 is 4.57 Å². The predicted molar refractivity (Wildman–Crippen MR) is 134 cm³/mol. The summed E-state index contributed by atoms with van der Waals surface area (Å²) >= 11 is 0. The Morgan fingerprint density at radius 3 is 2.27 bits per heavy atom. The largest absolute Gasteiger partial charge is 0.318 e. The molecule has 0 aliphatic carbocycles. The number of benzene rings is 2. The molecule has 1 heterocycles. The predicted octanol–water partition coefficient (Wildman–Crippen LogP) is 3.88. The molecule has 8 heteroatoms. The monoisotopic (exact) mass is 466 g/mol. The molecule has 1 aromatic heterocycles. The van der Waals surface area contributed by atoms with Gasteiger partial charge >= 0.3 is 0 Å². The third-order valence-corrected chi connectivity index (χ3v) is 6.62. The lowest BCUT2D eigenvalue weighted by molar-refractivity contribution is -0.119. The van der Waals surface area contributed by atoms with Crippen LogP contribution in [0, 0.1) is 20.8 Å². The first-order valence-electron chi connectivity index (χ1n) is 10.7. The van der Waals surface area contributed by atoms with Crippen molar-refractivity contribution in [3.05, 3.63) is 82.7 Å². The number of carbonyl (C=O) groups is 1. The van der Waals surface area contributed by atoms with Crippen molar-refractivity contribution in [1.82, 2.24) is 9.99 Å². The molecule has 1 N–H and O–H groups in total. The van der Waals surface area contributed by atoms with Crippen molar-refractivity contribution in [2.24, 2.45) is 5.10 Å². The van der Waals surface area contributed by atoms with Crippen LogP contribution in [0.1, 0.15) is 35.0 Å². The highest BCUT2D eigenvalue weighted by Gasteiger charge is 2.20. The van der Waals surface area contributed by atoms with E-state index in [1.165, 1.54) is 5.56 Å². The molecule has 7 nitrogen and oxygen atoms in total. The van der Waals surface area contributed by atoms with Crippen LogP contribution in [0.4, 0.5) is 5.69 Å². The zero-order chi connectivity index (χ0) is 24.2. The Labute approximate surface area is 195 Å². The van der Waals surface area contributed by atoms with Gasteiger partial charge in [-0.15, -0.1) is 0 Å². The van der Waals surface area contributed by atoms with Crippen molar-refractivity contribution in [2.45, 2.75) is 34.1 Å². The van der Waals surface area contributed by atoms with Crippen LogP contribution in [0.3, 0.4) is 0 Å². The van der Waals surface area contributed by atoms with Crippen LogP contribution in [0.5, 0.6) is 0 Å². The van der Waals surface area contributed by atoms with E-state index in [0.717, 1.165) is 45.2 Å². The molecule has 0 aliphatic heterocycles. The summed E-state index contributed by atoms with van der Waals surface area (Å²) in [4.78, 5) is 12.5. The maximum absolute atomic E-state index is 12.5. The number of amides is 1. The fourth-order valence-electron chi connectivity index (χ4n) is 3.65. The second kappa shape index (κ2) is 10.0. The third-order valence-electron chi connectivity index (χ3n) is 5.48. The van der Waals surface area contributed by atoms with Gasteiger partial charge in [0.2, 0.25) is 10.0 Å². The van der Waals surface area contributed by atoms with E-state index in [2.05, 4.69) is 39.4 Å². The molecule has 3 rings (SSSR count). The fraction of sp³-hybridized carbons (Fsp3) is 0.280. The number of anilines is 1. The molecule has 0 aliphatic rings. The van der Waals surface area contributed by atoms with Crippen LogP contribution in [0.25, 0.3) is 5.69 Å². The molecule has 33 heavy (non-hydrogen) atoms. The van der Waals surface area contributed by atoms with E-state index < -0.39 is 15.9 Å². The molecule has 2 aromatic carbocycles. The van der Waals surface area contributed by atoms with Gasteiger partial charge in [0, 0.05) is 22.6 Å². The molecular formula is C25H30N4O3S. The van der Waals surface area contributed by atoms with Crippen molar-refractivity contribution in [3.63, 3.8) is 0 Å². The van der Waals surface area contributed by atoms with Gasteiger partial charge in [0.15, 0.2) is 0 Å². The summed E-state index contributed by atoms with van der Waals surface area (Å²) < 4.78 is 27.7. The Balaban J connectivity index is 1.72. The smallest absolute Gasteiger partial charge is 0.260 e. The van der Waals surface area contributed by atoms with Crippen molar-refractivity contribution >= 4 is 27.8 Å².